The fourth-order valence-electron chi connectivity index (χ4n) is 4.65. The summed E-state index contributed by atoms with van der Waals surface area (Å²) < 4.78 is 11.1. The predicted molar refractivity (Wildman–Crippen MR) is 115 cm³/mol. The molecule has 0 N–H and O–H groups in total. The molecule has 3 aromatic rings. The van der Waals surface area contributed by atoms with Gasteiger partial charge >= 0.3 is 5.97 Å². The summed E-state index contributed by atoms with van der Waals surface area (Å²) in [4.78, 5) is 47.5. The van der Waals surface area contributed by atoms with Crippen LogP contribution in [0.3, 0.4) is 0 Å². The molecule has 4 heterocycles. The predicted octanol–water partition coefficient (Wildman–Crippen LogP) is 3.59. The molecule has 2 aliphatic heterocycles. The van der Waals surface area contributed by atoms with E-state index in [4.69, 9.17) is 9.15 Å². The van der Waals surface area contributed by atoms with E-state index in [0.29, 0.717) is 27.7 Å². The molecule has 1 atom stereocenters. The molecule has 8 nitrogen and oxygen atoms in total. The Labute approximate surface area is 187 Å². The van der Waals surface area contributed by atoms with Crippen molar-refractivity contribution < 1.29 is 23.5 Å². The van der Waals surface area contributed by atoms with E-state index in [9.17, 15) is 14.4 Å². The minimum absolute atomic E-state index is 0.0475. The van der Waals surface area contributed by atoms with Gasteiger partial charge in [-0.15, -0.1) is 11.3 Å². The van der Waals surface area contributed by atoms with E-state index in [1.165, 1.54) is 16.2 Å². The third-order valence-electron chi connectivity index (χ3n) is 6.17. The number of nitrogens with zero attached hydrogens (tertiary/aromatic N) is 3. The van der Waals surface area contributed by atoms with Crippen LogP contribution in [0.4, 0.5) is 5.69 Å². The molecule has 1 aliphatic carbocycles. The average molecular weight is 449 g/mol. The summed E-state index contributed by atoms with van der Waals surface area (Å²) in [6, 6.07) is 10.5. The molecule has 2 aromatic heterocycles. The normalized spacial score (nSPS) is 22.1. The number of hydrogen-bond acceptors (Lipinski definition) is 7. The Morgan fingerprint density at radius 3 is 2.84 bits per heavy atom. The van der Waals surface area contributed by atoms with Crippen LogP contribution in [0.5, 0.6) is 0 Å². The molecule has 1 saturated heterocycles. The Kier molecular flexibility index (Phi) is 4.23. The summed E-state index contributed by atoms with van der Waals surface area (Å²) >= 11 is 1.39. The van der Waals surface area contributed by atoms with Crippen molar-refractivity contribution in [3.63, 3.8) is 0 Å². The van der Waals surface area contributed by atoms with Gasteiger partial charge in [-0.05, 0) is 37.1 Å². The molecule has 2 amide bonds. The van der Waals surface area contributed by atoms with Crippen molar-refractivity contribution in [1.82, 2.24) is 9.88 Å². The van der Waals surface area contributed by atoms with Gasteiger partial charge in [0.2, 0.25) is 11.6 Å². The summed E-state index contributed by atoms with van der Waals surface area (Å²) in [6.45, 7) is -0.0475. The lowest BCUT2D eigenvalue weighted by molar-refractivity contribution is -0.159. The van der Waals surface area contributed by atoms with E-state index in [-0.39, 0.29) is 37.3 Å². The maximum Gasteiger partial charge on any atom is 0.354 e. The number of fused-ring (bicyclic) bond motifs is 3. The van der Waals surface area contributed by atoms with E-state index in [0.717, 1.165) is 12.8 Å². The Bertz CT molecular complexity index is 1230. The Hall–Kier alpha value is -3.46. The first-order valence-electron chi connectivity index (χ1n) is 10.5. The first kappa shape index (κ1) is 19.2. The lowest BCUT2D eigenvalue weighted by Crippen LogP contribution is -2.69. The van der Waals surface area contributed by atoms with Crippen LogP contribution in [-0.2, 0) is 20.9 Å². The third-order valence-corrected chi connectivity index (χ3v) is 7.08. The van der Waals surface area contributed by atoms with Crippen molar-refractivity contribution in [2.45, 2.75) is 44.0 Å². The van der Waals surface area contributed by atoms with Crippen molar-refractivity contribution in [2.24, 2.45) is 0 Å². The van der Waals surface area contributed by atoms with Gasteiger partial charge in [0.1, 0.15) is 6.61 Å². The SMILES string of the molecule is O=C1CCC2(C(=O)OCc3csc(-c4ccco4)n3)N1c1ccccc1C(=O)N2C1CC1. The molecule has 3 aliphatic rings. The van der Waals surface area contributed by atoms with Crippen molar-refractivity contribution in [3.8, 4) is 10.8 Å². The van der Waals surface area contributed by atoms with Gasteiger partial charge in [0.15, 0.2) is 10.8 Å². The number of carbonyl (C=O) groups excluding carboxylic acids is 3. The highest BCUT2D eigenvalue weighted by molar-refractivity contribution is 7.13. The summed E-state index contributed by atoms with van der Waals surface area (Å²) in [5.41, 5.74) is 0.0645. The smallest absolute Gasteiger partial charge is 0.354 e. The van der Waals surface area contributed by atoms with Gasteiger partial charge in [0.05, 0.1) is 23.2 Å². The van der Waals surface area contributed by atoms with Crippen LogP contribution < -0.4 is 4.90 Å². The lowest BCUT2D eigenvalue weighted by atomic mass is 9.96. The molecule has 0 radical (unpaired) electrons. The molecule has 9 heteroatoms. The highest BCUT2D eigenvalue weighted by Crippen LogP contribution is 2.49. The fourth-order valence-corrected chi connectivity index (χ4v) is 5.42. The van der Waals surface area contributed by atoms with Gasteiger partial charge in [-0.25, -0.2) is 9.78 Å². The van der Waals surface area contributed by atoms with E-state index in [1.807, 2.05) is 6.07 Å². The van der Waals surface area contributed by atoms with E-state index in [1.54, 1.807) is 46.9 Å². The number of anilines is 1. The topological polar surface area (TPSA) is 93.0 Å². The van der Waals surface area contributed by atoms with Crippen molar-refractivity contribution >= 4 is 34.8 Å². The zero-order valence-corrected chi connectivity index (χ0v) is 17.8. The molecule has 0 bridgehead atoms. The zero-order valence-electron chi connectivity index (χ0n) is 17.0. The number of aromatic nitrogens is 1. The van der Waals surface area contributed by atoms with Crippen LogP contribution in [0.1, 0.15) is 41.7 Å². The number of benzene rings is 1. The van der Waals surface area contributed by atoms with Gasteiger partial charge in [0.25, 0.3) is 5.91 Å². The second-order valence-electron chi connectivity index (χ2n) is 8.17. The minimum atomic E-state index is -1.44. The number of para-hydroxylation sites is 1. The van der Waals surface area contributed by atoms with Crippen molar-refractivity contribution in [3.05, 3.63) is 59.3 Å². The van der Waals surface area contributed by atoms with E-state index < -0.39 is 11.6 Å². The zero-order chi connectivity index (χ0) is 21.9. The Morgan fingerprint density at radius 1 is 1.22 bits per heavy atom. The van der Waals surface area contributed by atoms with Gasteiger partial charge in [-0.1, -0.05) is 12.1 Å². The van der Waals surface area contributed by atoms with Gasteiger partial charge < -0.3 is 14.1 Å². The first-order valence-corrected chi connectivity index (χ1v) is 11.4. The molecule has 1 unspecified atom stereocenters. The second kappa shape index (κ2) is 7.03. The van der Waals surface area contributed by atoms with Crippen LogP contribution in [-0.4, -0.2) is 39.4 Å². The number of ether oxygens (including phenoxy) is 1. The Morgan fingerprint density at radius 2 is 2.06 bits per heavy atom. The fraction of sp³-hybridized carbons (Fsp3) is 0.304. The maximum atomic E-state index is 13.6. The summed E-state index contributed by atoms with van der Waals surface area (Å²) in [5, 5.41) is 2.50. The molecular formula is C23H19N3O5S. The molecule has 1 aromatic carbocycles. The summed E-state index contributed by atoms with van der Waals surface area (Å²) in [6.07, 6.45) is 3.59. The van der Waals surface area contributed by atoms with Crippen LogP contribution >= 0.6 is 11.3 Å². The van der Waals surface area contributed by atoms with Crippen LogP contribution in [0.15, 0.2) is 52.5 Å². The number of carbonyl (C=O) groups is 3. The van der Waals surface area contributed by atoms with Gasteiger partial charge in [-0.3, -0.25) is 14.5 Å². The third kappa shape index (κ3) is 2.74. The largest absolute Gasteiger partial charge is 0.462 e. The average Bonchev–Trinajstić information content (AvgIpc) is 3.19. The molecule has 32 heavy (non-hydrogen) atoms. The number of hydrogen-bond donors (Lipinski definition) is 0. The quantitative estimate of drug-likeness (QED) is 0.553. The molecule has 2 fully saturated rings. The Balaban J connectivity index is 1.33. The highest BCUT2D eigenvalue weighted by Gasteiger charge is 2.64. The second-order valence-corrected chi connectivity index (χ2v) is 9.02. The molecule has 1 saturated carbocycles. The number of esters is 1. The number of amides is 2. The lowest BCUT2D eigenvalue weighted by Gasteiger charge is -2.48. The molecular weight excluding hydrogens is 430 g/mol. The summed E-state index contributed by atoms with van der Waals surface area (Å²) in [5.74, 6) is -0.347. The number of thiazole rings is 1. The van der Waals surface area contributed by atoms with Crippen LogP contribution in [0.25, 0.3) is 10.8 Å². The summed E-state index contributed by atoms with van der Waals surface area (Å²) in [7, 11) is 0. The highest BCUT2D eigenvalue weighted by atomic mass is 32.1. The van der Waals surface area contributed by atoms with Crippen LogP contribution in [0.2, 0.25) is 0 Å². The van der Waals surface area contributed by atoms with Gasteiger partial charge in [0, 0.05) is 24.3 Å². The van der Waals surface area contributed by atoms with E-state index in [2.05, 4.69) is 4.98 Å². The molecule has 0 spiro atoms. The van der Waals surface area contributed by atoms with E-state index >= 15 is 0 Å². The minimum Gasteiger partial charge on any atom is -0.462 e. The van der Waals surface area contributed by atoms with Crippen molar-refractivity contribution in [1.29, 1.82) is 0 Å². The van der Waals surface area contributed by atoms with Gasteiger partial charge in [-0.2, -0.15) is 0 Å². The standard InChI is InChI=1S/C23H19N3O5S/c27-19-9-10-23(22(29)31-12-14-13-32-20(24-14)18-6-3-11-30-18)25(15-7-8-15)21(28)16-4-1-2-5-17(16)26(19)23/h1-6,11,13,15H,7-10,12H2. The maximum absolute atomic E-state index is 13.6. The van der Waals surface area contributed by atoms with Crippen molar-refractivity contribution in [2.75, 3.05) is 4.90 Å². The molecule has 6 rings (SSSR count). The first-order chi connectivity index (χ1) is 15.6. The number of rotatable bonds is 5. The monoisotopic (exact) mass is 449 g/mol. The number of furan rings is 1. The molecule has 162 valence electrons. The van der Waals surface area contributed by atoms with Crippen LogP contribution in [0, 0.1) is 0 Å².